The number of halogens is 1. The van der Waals surface area contributed by atoms with Crippen molar-refractivity contribution in [3.63, 3.8) is 0 Å². The first-order valence-corrected chi connectivity index (χ1v) is 8.98. The van der Waals surface area contributed by atoms with Crippen molar-refractivity contribution >= 4 is 16.7 Å². The van der Waals surface area contributed by atoms with Crippen LogP contribution in [0.3, 0.4) is 0 Å². The lowest BCUT2D eigenvalue weighted by molar-refractivity contribution is 0.100. The normalized spacial score (nSPS) is 10.9. The van der Waals surface area contributed by atoms with Crippen molar-refractivity contribution < 1.29 is 13.9 Å². The molecule has 0 aliphatic rings. The number of ether oxygens (including phenoxy) is 1. The molecule has 0 atom stereocenters. The van der Waals surface area contributed by atoms with Crippen molar-refractivity contribution in [2.75, 3.05) is 7.11 Å². The molecule has 2 N–H and O–H groups in total. The van der Waals surface area contributed by atoms with Crippen LogP contribution in [0, 0.1) is 12.7 Å². The number of carbonyl (C=O) groups is 1. The van der Waals surface area contributed by atoms with Gasteiger partial charge in [0.1, 0.15) is 17.3 Å². The van der Waals surface area contributed by atoms with Crippen LogP contribution in [0.1, 0.15) is 15.9 Å². The fraction of sp³-hybridized carbons (Fsp3) is 0.0870. The van der Waals surface area contributed by atoms with Crippen LogP contribution >= 0.6 is 0 Å². The molecule has 3 aromatic carbocycles. The average Bonchev–Trinajstić information content (AvgIpc) is 2.73. The predicted molar refractivity (Wildman–Crippen MR) is 110 cm³/mol. The third-order valence-corrected chi connectivity index (χ3v) is 4.91. The van der Waals surface area contributed by atoms with E-state index in [-0.39, 0.29) is 5.82 Å². The molecule has 144 valence electrons. The Balaban J connectivity index is 1.88. The first kappa shape index (κ1) is 18.6. The number of rotatable bonds is 4. The standard InChI is InChI=1S/C23H18FN3O2/c1-13-3-4-15(23(25)28)10-20(13)14-5-7-18-16(9-14)12-26-27-22(18)19-8-6-17(24)11-21(19)29-2/h3-12H,1-2H3,(H2,25,28). The molecule has 0 unspecified atom stereocenters. The molecule has 1 aromatic heterocycles. The minimum absolute atomic E-state index is 0.383. The van der Waals surface area contributed by atoms with Crippen LogP contribution < -0.4 is 10.5 Å². The molecule has 0 bridgehead atoms. The van der Waals surface area contributed by atoms with Gasteiger partial charge in [0.2, 0.25) is 5.91 Å². The number of carbonyl (C=O) groups excluding carboxylic acids is 1. The minimum Gasteiger partial charge on any atom is -0.496 e. The van der Waals surface area contributed by atoms with Gasteiger partial charge in [0.25, 0.3) is 0 Å². The van der Waals surface area contributed by atoms with Gasteiger partial charge in [-0.1, -0.05) is 18.2 Å². The molecule has 0 spiro atoms. The largest absolute Gasteiger partial charge is 0.496 e. The van der Waals surface area contributed by atoms with Gasteiger partial charge in [-0.3, -0.25) is 4.79 Å². The zero-order valence-corrected chi connectivity index (χ0v) is 15.9. The second kappa shape index (κ2) is 7.31. The summed E-state index contributed by atoms with van der Waals surface area (Å²) in [4.78, 5) is 11.6. The lowest BCUT2D eigenvalue weighted by atomic mass is 9.95. The molecular weight excluding hydrogens is 369 g/mol. The van der Waals surface area contributed by atoms with E-state index in [1.165, 1.54) is 19.2 Å². The van der Waals surface area contributed by atoms with Gasteiger partial charge < -0.3 is 10.5 Å². The molecule has 0 saturated heterocycles. The van der Waals surface area contributed by atoms with Gasteiger partial charge in [0.15, 0.2) is 0 Å². The van der Waals surface area contributed by atoms with Gasteiger partial charge in [-0.05, 0) is 53.9 Å². The molecule has 0 aliphatic heterocycles. The molecule has 5 nitrogen and oxygen atoms in total. The highest BCUT2D eigenvalue weighted by Gasteiger charge is 2.14. The van der Waals surface area contributed by atoms with Crippen molar-refractivity contribution in [1.82, 2.24) is 10.2 Å². The topological polar surface area (TPSA) is 78.1 Å². The number of aryl methyl sites for hydroxylation is 1. The summed E-state index contributed by atoms with van der Waals surface area (Å²) in [6, 6.07) is 15.6. The molecule has 0 fully saturated rings. The third kappa shape index (κ3) is 3.40. The summed E-state index contributed by atoms with van der Waals surface area (Å²) in [7, 11) is 1.49. The Morgan fingerprint density at radius 3 is 2.62 bits per heavy atom. The third-order valence-electron chi connectivity index (χ3n) is 4.91. The van der Waals surface area contributed by atoms with Gasteiger partial charge in [-0.2, -0.15) is 5.10 Å². The smallest absolute Gasteiger partial charge is 0.248 e. The van der Waals surface area contributed by atoms with Crippen LogP contribution in [0.5, 0.6) is 5.75 Å². The highest BCUT2D eigenvalue weighted by atomic mass is 19.1. The SMILES string of the molecule is COc1cc(F)ccc1-c1nncc2cc(-c3cc(C(N)=O)ccc3C)ccc12. The number of aromatic nitrogens is 2. The molecule has 6 heteroatoms. The van der Waals surface area contributed by atoms with E-state index in [0.717, 1.165) is 27.5 Å². The van der Waals surface area contributed by atoms with Crippen molar-refractivity contribution in [2.24, 2.45) is 5.73 Å². The molecule has 0 aliphatic carbocycles. The molecule has 0 saturated carbocycles. The maximum atomic E-state index is 13.6. The number of amides is 1. The summed E-state index contributed by atoms with van der Waals surface area (Å²) in [5, 5.41) is 10.1. The molecular formula is C23H18FN3O2. The van der Waals surface area contributed by atoms with Gasteiger partial charge in [-0.15, -0.1) is 5.10 Å². The van der Waals surface area contributed by atoms with E-state index in [0.29, 0.717) is 22.6 Å². The first-order chi connectivity index (χ1) is 14.0. The molecule has 1 amide bonds. The van der Waals surface area contributed by atoms with Crippen molar-refractivity contribution in [2.45, 2.75) is 6.92 Å². The highest BCUT2D eigenvalue weighted by molar-refractivity contribution is 5.98. The van der Waals surface area contributed by atoms with Crippen LogP contribution in [0.4, 0.5) is 4.39 Å². The summed E-state index contributed by atoms with van der Waals surface area (Å²) >= 11 is 0. The Bertz CT molecular complexity index is 1250. The van der Waals surface area contributed by atoms with Gasteiger partial charge in [-0.25, -0.2) is 4.39 Å². The van der Waals surface area contributed by atoms with E-state index in [4.69, 9.17) is 10.5 Å². The number of hydrogen-bond acceptors (Lipinski definition) is 4. The second-order valence-corrected chi connectivity index (χ2v) is 6.73. The van der Waals surface area contributed by atoms with E-state index in [2.05, 4.69) is 10.2 Å². The number of hydrogen-bond donors (Lipinski definition) is 1. The lowest BCUT2D eigenvalue weighted by Crippen LogP contribution is -2.10. The number of nitrogens with two attached hydrogens (primary N) is 1. The Hall–Kier alpha value is -3.80. The summed E-state index contributed by atoms with van der Waals surface area (Å²) in [5.41, 5.74) is 10.0. The number of methoxy groups -OCH3 is 1. The zero-order valence-electron chi connectivity index (χ0n) is 15.9. The van der Waals surface area contributed by atoms with Crippen LogP contribution in [0.2, 0.25) is 0 Å². The molecule has 4 aromatic rings. The number of primary amides is 1. The van der Waals surface area contributed by atoms with Gasteiger partial charge >= 0.3 is 0 Å². The van der Waals surface area contributed by atoms with Crippen LogP contribution in [-0.4, -0.2) is 23.2 Å². The van der Waals surface area contributed by atoms with Crippen molar-refractivity contribution in [1.29, 1.82) is 0 Å². The Labute approximate surface area is 167 Å². The van der Waals surface area contributed by atoms with E-state index in [9.17, 15) is 9.18 Å². The first-order valence-electron chi connectivity index (χ1n) is 8.98. The van der Waals surface area contributed by atoms with E-state index < -0.39 is 5.91 Å². The lowest BCUT2D eigenvalue weighted by Gasteiger charge is -2.12. The van der Waals surface area contributed by atoms with Crippen LogP contribution in [0.25, 0.3) is 33.2 Å². The predicted octanol–water partition coefficient (Wildman–Crippen LogP) is 4.52. The summed E-state index contributed by atoms with van der Waals surface area (Å²) < 4.78 is 18.9. The number of fused-ring (bicyclic) bond motifs is 1. The Morgan fingerprint density at radius 1 is 1.03 bits per heavy atom. The van der Waals surface area contributed by atoms with E-state index >= 15 is 0 Å². The molecule has 1 heterocycles. The zero-order chi connectivity index (χ0) is 20.5. The van der Waals surface area contributed by atoms with E-state index in [1.807, 2.05) is 31.2 Å². The maximum absolute atomic E-state index is 13.6. The second-order valence-electron chi connectivity index (χ2n) is 6.73. The van der Waals surface area contributed by atoms with E-state index in [1.54, 1.807) is 24.4 Å². The fourth-order valence-electron chi connectivity index (χ4n) is 3.40. The van der Waals surface area contributed by atoms with Gasteiger partial charge in [0.05, 0.1) is 13.3 Å². The van der Waals surface area contributed by atoms with Crippen molar-refractivity contribution in [3.8, 4) is 28.1 Å². The fourth-order valence-corrected chi connectivity index (χ4v) is 3.40. The number of nitrogens with zero attached hydrogens (tertiary/aromatic N) is 2. The molecule has 4 rings (SSSR count). The van der Waals surface area contributed by atoms with Crippen LogP contribution in [0.15, 0.2) is 60.8 Å². The van der Waals surface area contributed by atoms with Crippen LogP contribution in [-0.2, 0) is 0 Å². The monoisotopic (exact) mass is 387 g/mol. The number of benzene rings is 3. The Kier molecular flexibility index (Phi) is 4.68. The molecule has 29 heavy (non-hydrogen) atoms. The summed E-state index contributed by atoms with van der Waals surface area (Å²) in [5.74, 6) is -0.463. The minimum atomic E-state index is -0.469. The van der Waals surface area contributed by atoms with Crippen molar-refractivity contribution in [3.05, 3.63) is 77.7 Å². The summed E-state index contributed by atoms with van der Waals surface area (Å²) in [6.45, 7) is 1.98. The highest BCUT2D eigenvalue weighted by Crippen LogP contribution is 2.35. The average molecular weight is 387 g/mol. The Morgan fingerprint density at radius 2 is 1.86 bits per heavy atom. The van der Waals surface area contributed by atoms with Gasteiger partial charge in [0, 0.05) is 28.0 Å². The molecule has 0 radical (unpaired) electrons. The maximum Gasteiger partial charge on any atom is 0.248 e. The quantitative estimate of drug-likeness (QED) is 0.558. The summed E-state index contributed by atoms with van der Waals surface area (Å²) in [6.07, 6.45) is 1.67.